The number of amides is 4. The summed E-state index contributed by atoms with van der Waals surface area (Å²) < 4.78 is 0. The van der Waals surface area contributed by atoms with E-state index < -0.39 is 45.2 Å². The number of nitrogens with one attached hydrogen (secondary N) is 1. The van der Waals surface area contributed by atoms with Crippen LogP contribution in [-0.4, -0.2) is 50.4 Å². The molecule has 10 heteroatoms. The number of hydrogen-bond donors (Lipinski definition) is 2. The van der Waals surface area contributed by atoms with Crippen LogP contribution in [-0.2, 0) is 19.2 Å². The number of para-hydroxylation sites is 1. The molecule has 2 heterocycles. The van der Waals surface area contributed by atoms with E-state index in [1.54, 1.807) is 30.3 Å². The Bertz CT molecular complexity index is 2050. The maximum atomic E-state index is 14.4. The Balaban J connectivity index is 1.22. The smallest absolute Gasteiger partial charge is 0.253 e. The third-order valence-electron chi connectivity index (χ3n) is 10.4. The molecule has 2 aliphatic heterocycles. The van der Waals surface area contributed by atoms with Crippen LogP contribution in [0.1, 0.15) is 24.3 Å². The predicted octanol–water partition coefficient (Wildman–Crippen LogP) is 6.48. The highest BCUT2D eigenvalue weighted by atomic mass is 35.5. The van der Waals surface area contributed by atoms with Gasteiger partial charge in [-0.25, -0.2) is 0 Å². The summed E-state index contributed by atoms with van der Waals surface area (Å²) in [6, 6.07) is 27.2. The van der Waals surface area contributed by atoms with Gasteiger partial charge in [0.2, 0.25) is 11.8 Å². The van der Waals surface area contributed by atoms with Crippen molar-refractivity contribution in [3.05, 3.63) is 108 Å². The third-order valence-corrected chi connectivity index (χ3v) is 11.9. The summed E-state index contributed by atoms with van der Waals surface area (Å²) in [5.41, 5.74) is 3.47. The quantitative estimate of drug-likeness (QED) is 0.147. The number of halogens is 2. The lowest BCUT2D eigenvalue weighted by molar-refractivity contribution is -0.138. The van der Waals surface area contributed by atoms with Crippen LogP contribution >= 0.6 is 23.2 Å². The molecule has 4 aromatic carbocycles. The van der Waals surface area contributed by atoms with Crippen LogP contribution in [0.15, 0.2) is 103 Å². The van der Waals surface area contributed by atoms with Gasteiger partial charge in [-0.3, -0.25) is 29.0 Å². The average molecular weight is 667 g/mol. The summed E-state index contributed by atoms with van der Waals surface area (Å²) in [7, 11) is 1.37. The van der Waals surface area contributed by atoms with Crippen molar-refractivity contribution in [3.8, 4) is 5.75 Å². The van der Waals surface area contributed by atoms with Crippen molar-refractivity contribution in [2.24, 2.45) is 17.8 Å². The van der Waals surface area contributed by atoms with Crippen molar-refractivity contribution >= 4 is 74.7 Å². The number of aromatic hydroxyl groups is 1. The molecule has 0 unspecified atom stereocenters. The Morgan fingerprint density at radius 2 is 1.43 bits per heavy atom. The van der Waals surface area contributed by atoms with E-state index in [4.69, 9.17) is 23.2 Å². The fourth-order valence-electron chi connectivity index (χ4n) is 8.28. The zero-order chi connectivity index (χ0) is 32.8. The largest absolute Gasteiger partial charge is 0.507 e. The minimum absolute atomic E-state index is 0.0540. The number of phenolic OH excluding ortho intramolecular Hbond substituents is 1. The van der Waals surface area contributed by atoms with E-state index in [0.717, 1.165) is 16.3 Å². The van der Waals surface area contributed by atoms with Crippen LogP contribution < -0.4 is 10.2 Å². The first kappa shape index (κ1) is 29.7. The Labute approximate surface area is 280 Å². The summed E-state index contributed by atoms with van der Waals surface area (Å²) in [6.45, 7) is 0. The zero-order valence-electron chi connectivity index (χ0n) is 25.2. The predicted molar refractivity (Wildman–Crippen MR) is 180 cm³/mol. The van der Waals surface area contributed by atoms with Gasteiger partial charge in [-0.1, -0.05) is 60.2 Å². The number of carbonyl (C=O) groups is 4. The fourth-order valence-corrected chi connectivity index (χ4v) is 9.30. The van der Waals surface area contributed by atoms with Crippen molar-refractivity contribution < 1.29 is 24.3 Å². The summed E-state index contributed by atoms with van der Waals surface area (Å²) >= 11 is 14.7. The number of rotatable bonds is 4. The topological polar surface area (TPSA) is 107 Å². The van der Waals surface area contributed by atoms with Crippen LogP contribution in [0.25, 0.3) is 10.8 Å². The van der Waals surface area contributed by atoms with E-state index in [9.17, 15) is 24.3 Å². The molecule has 8 rings (SSSR count). The molecular weight excluding hydrogens is 637 g/mol. The second kappa shape index (κ2) is 10.4. The van der Waals surface area contributed by atoms with Crippen LogP contribution in [0, 0.1) is 17.8 Å². The molecular formula is C37H29Cl2N3O5. The van der Waals surface area contributed by atoms with Crippen molar-refractivity contribution in [2.75, 3.05) is 17.3 Å². The summed E-state index contributed by atoms with van der Waals surface area (Å²) in [5, 5.41) is 15.2. The number of phenols is 1. The van der Waals surface area contributed by atoms with Gasteiger partial charge >= 0.3 is 0 Å². The third kappa shape index (κ3) is 4.01. The Morgan fingerprint density at radius 1 is 0.766 bits per heavy atom. The molecule has 6 atom stereocenters. The number of fused-ring (bicyclic) bond motifs is 5. The zero-order valence-corrected chi connectivity index (χ0v) is 26.7. The number of alkyl halides is 2. The molecule has 2 saturated heterocycles. The van der Waals surface area contributed by atoms with Gasteiger partial charge in [0.25, 0.3) is 11.8 Å². The van der Waals surface area contributed by atoms with E-state index in [2.05, 4.69) is 5.32 Å². The second-order valence-electron chi connectivity index (χ2n) is 12.8. The van der Waals surface area contributed by atoms with E-state index in [1.165, 1.54) is 18.0 Å². The lowest BCUT2D eigenvalue weighted by Gasteiger charge is -2.51. The van der Waals surface area contributed by atoms with Crippen LogP contribution in [0.4, 0.5) is 17.1 Å². The number of nitrogens with zero attached hydrogens (tertiary/aromatic N) is 2. The number of benzene rings is 4. The van der Waals surface area contributed by atoms with Crippen LogP contribution in [0.2, 0.25) is 0 Å². The molecule has 236 valence electrons. The number of likely N-dealkylation sites (tertiary alicyclic amines) is 1. The normalized spacial score (nSPS) is 29.9. The van der Waals surface area contributed by atoms with Gasteiger partial charge in [0.05, 0.1) is 17.5 Å². The molecule has 3 fully saturated rings. The van der Waals surface area contributed by atoms with Crippen molar-refractivity contribution in [1.82, 2.24) is 4.90 Å². The SMILES string of the molecule is CN1C(=O)[C@]2(Cl)C[C@@H]3C(=CC[C@@H]4C(=O)N(c5ccc(Nc6ccccc6)cc5)C(=O)[C@@H]43)[C@H](c3ccc(O)c4ccccc34)[C@]2(Cl)C1=O. The molecule has 0 spiro atoms. The molecule has 4 aliphatic rings. The van der Waals surface area contributed by atoms with Gasteiger partial charge < -0.3 is 10.4 Å². The van der Waals surface area contributed by atoms with E-state index >= 15 is 0 Å². The van der Waals surface area contributed by atoms with Gasteiger partial charge in [-0.05, 0) is 72.2 Å². The summed E-state index contributed by atoms with van der Waals surface area (Å²) in [5.74, 6) is -4.91. The van der Waals surface area contributed by atoms with Crippen molar-refractivity contribution in [1.29, 1.82) is 0 Å². The highest BCUT2D eigenvalue weighted by molar-refractivity contribution is 6.53. The maximum Gasteiger partial charge on any atom is 0.253 e. The molecule has 2 aliphatic carbocycles. The Hall–Kier alpha value is -4.66. The van der Waals surface area contributed by atoms with Crippen LogP contribution in [0.5, 0.6) is 5.75 Å². The number of imide groups is 2. The number of allylic oxidation sites excluding steroid dienone is 2. The van der Waals surface area contributed by atoms with E-state index in [-0.39, 0.29) is 30.4 Å². The molecule has 0 bridgehead atoms. The van der Waals surface area contributed by atoms with Gasteiger partial charge in [0.15, 0.2) is 9.75 Å². The molecule has 4 aromatic rings. The van der Waals surface area contributed by atoms with Crippen LogP contribution in [0.3, 0.4) is 0 Å². The van der Waals surface area contributed by atoms with Gasteiger partial charge in [0, 0.05) is 29.7 Å². The Kier molecular flexibility index (Phi) is 6.59. The van der Waals surface area contributed by atoms with Gasteiger partial charge in [-0.2, -0.15) is 0 Å². The minimum Gasteiger partial charge on any atom is -0.507 e. The summed E-state index contributed by atoms with van der Waals surface area (Å²) in [4.78, 5) is 54.5. The van der Waals surface area contributed by atoms with Gasteiger partial charge in [-0.15, -0.1) is 23.2 Å². The average Bonchev–Trinajstić information content (AvgIpc) is 3.41. The molecule has 0 radical (unpaired) electrons. The van der Waals surface area contributed by atoms with E-state index in [1.807, 2.05) is 60.7 Å². The molecule has 47 heavy (non-hydrogen) atoms. The molecule has 8 nitrogen and oxygen atoms in total. The maximum absolute atomic E-state index is 14.4. The standard InChI is InChI=1S/C37H29Cl2N3O5/c1-41-34(46)36(38)19-28-26(31(37(36,39)35(41)47)25-17-18-29(43)24-10-6-5-9-23(24)25)15-16-27-30(28)33(45)42(32(27)44)22-13-11-21(12-14-22)40-20-7-3-2-4-8-20/h2-15,17-18,27-28,30-31,40,43H,16,19H2,1H3/t27-,28+,30-,31-,36+,37-/m0/s1. The first-order chi connectivity index (χ1) is 22.6. The minimum atomic E-state index is -1.90. The number of carbonyl (C=O) groups excluding carboxylic acids is 4. The van der Waals surface area contributed by atoms with E-state index in [0.29, 0.717) is 27.6 Å². The monoisotopic (exact) mass is 665 g/mol. The van der Waals surface area contributed by atoms with Crippen molar-refractivity contribution in [3.63, 3.8) is 0 Å². The Morgan fingerprint density at radius 3 is 2.15 bits per heavy atom. The lowest BCUT2D eigenvalue weighted by Crippen LogP contribution is -2.60. The van der Waals surface area contributed by atoms with Gasteiger partial charge in [0.1, 0.15) is 5.75 Å². The van der Waals surface area contributed by atoms with Crippen molar-refractivity contribution in [2.45, 2.75) is 28.5 Å². The molecule has 0 aromatic heterocycles. The number of anilines is 3. The number of hydrogen-bond acceptors (Lipinski definition) is 6. The lowest BCUT2D eigenvalue weighted by atomic mass is 9.56. The molecule has 4 amide bonds. The highest BCUT2D eigenvalue weighted by Gasteiger charge is 2.76. The summed E-state index contributed by atoms with van der Waals surface area (Å²) in [6.07, 6.45) is 2.09. The molecule has 1 saturated carbocycles. The second-order valence-corrected chi connectivity index (χ2v) is 14.0. The fraction of sp³-hybridized carbons (Fsp3) is 0.243. The highest BCUT2D eigenvalue weighted by Crippen LogP contribution is 2.66. The molecule has 2 N–H and O–H groups in total. The first-order valence-electron chi connectivity index (χ1n) is 15.5. The first-order valence-corrected chi connectivity index (χ1v) is 16.2.